The van der Waals surface area contributed by atoms with Crippen LogP contribution in [0.5, 0.6) is 23.0 Å². The van der Waals surface area contributed by atoms with E-state index in [2.05, 4.69) is 4.99 Å². The summed E-state index contributed by atoms with van der Waals surface area (Å²) < 4.78 is 29.7. The van der Waals surface area contributed by atoms with Gasteiger partial charge in [0.15, 0.2) is 16.3 Å². The Morgan fingerprint density at radius 2 is 1.82 bits per heavy atom. The Kier molecular flexibility index (Phi) is 8.21. The van der Waals surface area contributed by atoms with Gasteiger partial charge in [-0.25, -0.2) is 9.79 Å². The minimum absolute atomic E-state index is 0.181. The summed E-state index contributed by atoms with van der Waals surface area (Å²) in [7, 11) is 4.68. The van der Waals surface area contributed by atoms with Gasteiger partial charge < -0.3 is 23.7 Å². The van der Waals surface area contributed by atoms with Crippen LogP contribution in [0.1, 0.15) is 37.9 Å². The maximum atomic E-state index is 14.0. The van der Waals surface area contributed by atoms with Crippen LogP contribution < -0.4 is 33.8 Å². The lowest BCUT2D eigenvalue weighted by molar-refractivity contribution is -0.139. The van der Waals surface area contributed by atoms with Crippen molar-refractivity contribution in [2.75, 3.05) is 34.5 Å². The van der Waals surface area contributed by atoms with E-state index >= 15 is 0 Å². The number of nitrogens with zero attached hydrogens (tertiary/aromatic N) is 2. The minimum Gasteiger partial charge on any atom is -0.497 e. The number of thiazole rings is 1. The quantitative estimate of drug-likeness (QED) is 0.386. The maximum Gasteiger partial charge on any atom is 0.338 e. The van der Waals surface area contributed by atoms with Gasteiger partial charge in [0.05, 0.1) is 50.3 Å². The zero-order chi connectivity index (χ0) is 27.4. The summed E-state index contributed by atoms with van der Waals surface area (Å²) in [5.41, 5.74) is 1.72. The summed E-state index contributed by atoms with van der Waals surface area (Å²) in [6.07, 6.45) is 1.75. The number of aromatic nitrogens is 1. The van der Waals surface area contributed by atoms with Crippen LogP contribution in [0.2, 0.25) is 0 Å². The smallest absolute Gasteiger partial charge is 0.338 e. The number of rotatable bonds is 9. The van der Waals surface area contributed by atoms with Gasteiger partial charge in [-0.2, -0.15) is 0 Å². The first-order valence-electron chi connectivity index (χ1n) is 12.1. The normalized spacial score (nSPS) is 15.0. The van der Waals surface area contributed by atoms with E-state index in [1.165, 1.54) is 15.9 Å². The predicted octanol–water partition coefficient (Wildman–Crippen LogP) is 3.22. The highest BCUT2D eigenvalue weighted by Gasteiger charge is 2.36. The van der Waals surface area contributed by atoms with E-state index in [1.807, 2.05) is 19.1 Å². The number of hydrogen-bond acceptors (Lipinski definition) is 9. The molecule has 2 heterocycles. The molecule has 1 aliphatic rings. The van der Waals surface area contributed by atoms with E-state index in [1.54, 1.807) is 65.5 Å². The zero-order valence-electron chi connectivity index (χ0n) is 22.2. The Hall–Kier alpha value is -4.05. The second-order valence-corrected chi connectivity index (χ2v) is 9.23. The fraction of sp³-hybridized carbons (Fsp3) is 0.321. The molecule has 0 saturated carbocycles. The first kappa shape index (κ1) is 27.0. The lowest BCUT2D eigenvalue weighted by Gasteiger charge is -2.26. The lowest BCUT2D eigenvalue weighted by Crippen LogP contribution is -2.40. The second-order valence-electron chi connectivity index (χ2n) is 8.22. The number of para-hydroxylation sites is 1. The highest BCUT2D eigenvalue weighted by molar-refractivity contribution is 7.07. The van der Waals surface area contributed by atoms with Crippen molar-refractivity contribution >= 4 is 23.4 Å². The van der Waals surface area contributed by atoms with Crippen LogP contribution in [-0.4, -0.2) is 45.1 Å². The molecule has 0 amide bonds. The van der Waals surface area contributed by atoms with Crippen molar-refractivity contribution in [1.29, 1.82) is 0 Å². The molecule has 0 unspecified atom stereocenters. The molecule has 0 N–H and O–H groups in total. The first-order valence-corrected chi connectivity index (χ1v) is 12.9. The molecule has 1 aliphatic heterocycles. The second kappa shape index (κ2) is 11.6. The molecule has 200 valence electrons. The lowest BCUT2D eigenvalue weighted by atomic mass is 9.94. The molecule has 1 aromatic heterocycles. The molecule has 38 heavy (non-hydrogen) atoms. The van der Waals surface area contributed by atoms with Gasteiger partial charge in [0.2, 0.25) is 0 Å². The fourth-order valence-corrected chi connectivity index (χ4v) is 5.41. The third-order valence-corrected chi connectivity index (χ3v) is 7.04. The molecule has 3 aromatic rings. The third kappa shape index (κ3) is 4.91. The molecule has 0 fully saturated rings. The van der Waals surface area contributed by atoms with Crippen LogP contribution in [0.3, 0.4) is 0 Å². The highest BCUT2D eigenvalue weighted by Crippen LogP contribution is 2.40. The zero-order valence-corrected chi connectivity index (χ0v) is 23.0. The summed E-state index contributed by atoms with van der Waals surface area (Å²) in [4.78, 5) is 32.3. The summed E-state index contributed by atoms with van der Waals surface area (Å²) in [5.74, 6) is 1.59. The largest absolute Gasteiger partial charge is 0.497 e. The maximum absolute atomic E-state index is 14.0. The standard InChI is InChI=1S/C28H30N2O7S/c1-7-36-25-19(10-9-11-20(25)34-5)24-23(27(32)37-8-2)16(3)29-28-30(24)26(31)22(38-28)14-17-12-13-18(33-4)15-21(17)35-6/h9-15,24H,7-8H2,1-6H3/b22-14+/t24-/m1/s1. The summed E-state index contributed by atoms with van der Waals surface area (Å²) in [5, 5.41) is 0. The van der Waals surface area contributed by atoms with Gasteiger partial charge in [-0.15, -0.1) is 0 Å². The number of hydrogen-bond donors (Lipinski definition) is 0. The summed E-state index contributed by atoms with van der Waals surface area (Å²) in [6, 6.07) is 9.92. The molecule has 0 spiro atoms. The van der Waals surface area contributed by atoms with Crippen LogP contribution >= 0.6 is 11.3 Å². The minimum atomic E-state index is -0.832. The Morgan fingerprint density at radius 1 is 1.05 bits per heavy atom. The number of ether oxygens (including phenoxy) is 5. The molecule has 0 radical (unpaired) electrons. The van der Waals surface area contributed by atoms with Crippen LogP contribution in [0, 0.1) is 0 Å². The number of fused-ring (bicyclic) bond motifs is 1. The van der Waals surface area contributed by atoms with Crippen LogP contribution in [-0.2, 0) is 9.53 Å². The van der Waals surface area contributed by atoms with Gasteiger partial charge in [0, 0.05) is 17.2 Å². The van der Waals surface area contributed by atoms with Crippen molar-refractivity contribution in [1.82, 2.24) is 4.57 Å². The van der Waals surface area contributed by atoms with E-state index in [0.717, 1.165) is 0 Å². The van der Waals surface area contributed by atoms with Crippen LogP contribution in [0.25, 0.3) is 6.08 Å². The Balaban J connectivity index is 2.01. The van der Waals surface area contributed by atoms with E-state index in [-0.39, 0.29) is 17.7 Å². The fourth-order valence-electron chi connectivity index (χ4n) is 4.37. The van der Waals surface area contributed by atoms with Crippen molar-refractivity contribution < 1.29 is 28.5 Å². The first-order chi connectivity index (χ1) is 18.4. The van der Waals surface area contributed by atoms with Gasteiger partial charge in [-0.05, 0) is 45.0 Å². The number of allylic oxidation sites excluding steroid dienone is 1. The summed E-state index contributed by atoms with van der Waals surface area (Å²) in [6.45, 7) is 5.88. The Morgan fingerprint density at radius 3 is 2.47 bits per heavy atom. The van der Waals surface area contributed by atoms with E-state index in [0.29, 0.717) is 55.8 Å². The number of carbonyl (C=O) groups excluding carboxylic acids is 1. The molecule has 0 bridgehead atoms. The molecule has 4 rings (SSSR count). The van der Waals surface area contributed by atoms with Crippen molar-refractivity contribution in [3.05, 3.63) is 78.5 Å². The van der Waals surface area contributed by atoms with Crippen molar-refractivity contribution in [3.63, 3.8) is 0 Å². The number of benzene rings is 2. The Bertz CT molecular complexity index is 1570. The number of esters is 1. The van der Waals surface area contributed by atoms with E-state index in [4.69, 9.17) is 23.7 Å². The van der Waals surface area contributed by atoms with Gasteiger partial charge in [0.1, 0.15) is 17.5 Å². The number of methoxy groups -OCH3 is 3. The average Bonchev–Trinajstić information content (AvgIpc) is 3.22. The predicted molar refractivity (Wildman–Crippen MR) is 144 cm³/mol. The van der Waals surface area contributed by atoms with Gasteiger partial charge >= 0.3 is 5.97 Å². The topological polar surface area (TPSA) is 97.6 Å². The molecule has 1 atom stereocenters. The van der Waals surface area contributed by atoms with Gasteiger partial charge in [0.25, 0.3) is 5.56 Å². The molecular weight excluding hydrogens is 508 g/mol. The molecule has 9 nitrogen and oxygen atoms in total. The van der Waals surface area contributed by atoms with Crippen LogP contribution in [0.4, 0.5) is 0 Å². The average molecular weight is 539 g/mol. The number of carbonyl (C=O) groups is 1. The monoisotopic (exact) mass is 538 g/mol. The SMILES string of the molecule is CCOC(=O)C1=C(C)N=c2s/c(=C/c3ccc(OC)cc3OC)c(=O)n2[C@@H]1c1cccc(OC)c1OCC. The summed E-state index contributed by atoms with van der Waals surface area (Å²) >= 11 is 1.23. The molecule has 2 aromatic carbocycles. The highest BCUT2D eigenvalue weighted by atomic mass is 32.1. The van der Waals surface area contributed by atoms with Crippen molar-refractivity contribution in [2.45, 2.75) is 26.8 Å². The molecule has 0 saturated heterocycles. The van der Waals surface area contributed by atoms with Crippen molar-refractivity contribution in [3.8, 4) is 23.0 Å². The van der Waals surface area contributed by atoms with Crippen molar-refractivity contribution in [2.24, 2.45) is 4.99 Å². The van der Waals surface area contributed by atoms with E-state index < -0.39 is 12.0 Å². The molecular formula is C28H30N2O7S. The molecule has 10 heteroatoms. The molecule has 0 aliphatic carbocycles. The van der Waals surface area contributed by atoms with Gasteiger partial charge in [-0.3, -0.25) is 9.36 Å². The van der Waals surface area contributed by atoms with E-state index in [9.17, 15) is 9.59 Å². The van der Waals surface area contributed by atoms with Crippen LogP contribution in [0.15, 0.2) is 57.5 Å². The Labute approximate surface area is 224 Å². The third-order valence-electron chi connectivity index (χ3n) is 6.06. The van der Waals surface area contributed by atoms with Gasteiger partial charge in [-0.1, -0.05) is 23.5 Å².